The Morgan fingerprint density at radius 3 is 2.69 bits per heavy atom. The second-order valence-electron chi connectivity index (χ2n) is 6.08. The highest BCUT2D eigenvalue weighted by Gasteiger charge is 2.16. The summed E-state index contributed by atoms with van der Waals surface area (Å²) in [6.07, 6.45) is 3.96. The minimum Gasteiger partial charge on any atom is -0.507 e. The number of ketones is 1. The summed E-state index contributed by atoms with van der Waals surface area (Å²) >= 11 is 0. The van der Waals surface area contributed by atoms with Crippen LogP contribution in [0.1, 0.15) is 28.4 Å². The summed E-state index contributed by atoms with van der Waals surface area (Å²) in [5, 5.41) is 14.6. The van der Waals surface area contributed by atoms with Crippen molar-refractivity contribution in [1.29, 1.82) is 0 Å². The number of fused-ring (bicyclic) bond motifs is 1. The summed E-state index contributed by atoms with van der Waals surface area (Å²) in [6, 6.07) is 16.8. The summed E-state index contributed by atoms with van der Waals surface area (Å²) in [7, 11) is 0. The first-order chi connectivity index (χ1) is 12.7. The van der Waals surface area contributed by atoms with Gasteiger partial charge in [0.25, 0.3) is 0 Å². The second kappa shape index (κ2) is 6.44. The predicted molar refractivity (Wildman–Crippen MR) is 99.3 cm³/mol. The molecule has 4 rings (SSSR count). The topological polar surface area (TPSA) is 67.5 Å². The first kappa shape index (κ1) is 16.0. The van der Waals surface area contributed by atoms with Crippen molar-refractivity contribution in [2.75, 3.05) is 0 Å². The molecule has 5 nitrogen and oxygen atoms in total. The van der Waals surface area contributed by atoms with Gasteiger partial charge in [0.2, 0.25) is 0 Å². The van der Waals surface area contributed by atoms with Gasteiger partial charge in [-0.25, -0.2) is 9.50 Å². The maximum absolute atomic E-state index is 12.8. The van der Waals surface area contributed by atoms with E-state index in [-0.39, 0.29) is 17.1 Å². The molecule has 0 atom stereocenters. The number of phenols is 1. The van der Waals surface area contributed by atoms with Crippen LogP contribution < -0.4 is 0 Å². The zero-order valence-corrected chi connectivity index (χ0v) is 14.3. The van der Waals surface area contributed by atoms with E-state index in [2.05, 4.69) is 10.1 Å². The third kappa shape index (κ3) is 2.84. The molecule has 0 aliphatic rings. The summed E-state index contributed by atoms with van der Waals surface area (Å²) < 4.78 is 1.59. The molecular weight excluding hydrogens is 326 g/mol. The number of hydrogen-bond acceptors (Lipinski definition) is 4. The number of nitrogens with zero attached hydrogens (tertiary/aromatic N) is 3. The number of benzene rings is 2. The fourth-order valence-corrected chi connectivity index (χ4v) is 2.88. The largest absolute Gasteiger partial charge is 0.507 e. The molecule has 26 heavy (non-hydrogen) atoms. The highest BCUT2D eigenvalue weighted by Crippen LogP contribution is 2.23. The van der Waals surface area contributed by atoms with Crippen molar-refractivity contribution in [2.45, 2.75) is 13.3 Å². The number of aryl methyl sites for hydroxylation is 1. The Labute approximate surface area is 150 Å². The molecule has 0 unspecified atom stereocenters. The molecule has 0 fully saturated rings. The van der Waals surface area contributed by atoms with E-state index < -0.39 is 0 Å². The van der Waals surface area contributed by atoms with Crippen LogP contribution in [-0.2, 0) is 6.42 Å². The normalized spacial score (nSPS) is 11.0. The van der Waals surface area contributed by atoms with Crippen molar-refractivity contribution in [2.24, 2.45) is 0 Å². The van der Waals surface area contributed by atoms with Crippen LogP contribution in [0.3, 0.4) is 0 Å². The maximum atomic E-state index is 12.8. The molecular formula is C21H17N3O2. The van der Waals surface area contributed by atoms with E-state index in [0.29, 0.717) is 11.2 Å². The molecule has 0 amide bonds. The van der Waals surface area contributed by atoms with Crippen LogP contribution in [0.4, 0.5) is 0 Å². The van der Waals surface area contributed by atoms with Crippen molar-refractivity contribution in [1.82, 2.24) is 14.6 Å². The van der Waals surface area contributed by atoms with Gasteiger partial charge in [0, 0.05) is 24.0 Å². The van der Waals surface area contributed by atoms with Crippen molar-refractivity contribution >= 4 is 11.4 Å². The number of phenolic OH excluding ortho intramolecular Hbond substituents is 1. The molecule has 0 saturated heterocycles. The molecule has 0 saturated carbocycles. The smallest absolute Gasteiger partial charge is 0.199 e. The fraction of sp³-hybridized carbons (Fsp3) is 0.0952. The number of rotatable bonds is 4. The van der Waals surface area contributed by atoms with Gasteiger partial charge in [0.1, 0.15) is 5.75 Å². The van der Waals surface area contributed by atoms with Crippen LogP contribution in [0.15, 0.2) is 67.0 Å². The third-order valence-electron chi connectivity index (χ3n) is 4.36. The van der Waals surface area contributed by atoms with E-state index in [1.165, 1.54) is 6.20 Å². The molecule has 0 spiro atoms. The molecule has 0 radical (unpaired) electrons. The predicted octanol–water partition coefficient (Wildman–Crippen LogP) is 3.90. The van der Waals surface area contributed by atoms with Crippen molar-refractivity contribution in [3.63, 3.8) is 0 Å². The molecule has 4 aromatic rings. The van der Waals surface area contributed by atoms with Gasteiger partial charge in [-0.3, -0.25) is 4.79 Å². The van der Waals surface area contributed by atoms with E-state index in [4.69, 9.17) is 0 Å². The van der Waals surface area contributed by atoms with Gasteiger partial charge in [0.05, 0.1) is 16.8 Å². The van der Waals surface area contributed by atoms with E-state index in [1.807, 2.05) is 49.4 Å². The van der Waals surface area contributed by atoms with Gasteiger partial charge in [-0.1, -0.05) is 43.3 Å². The number of carbonyl (C=O) groups is 1. The lowest BCUT2D eigenvalue weighted by atomic mass is 10.0. The number of carbonyl (C=O) groups excluding carboxylic acids is 1. The zero-order valence-electron chi connectivity index (χ0n) is 14.3. The SMILES string of the molecule is CCc1ccc(O)c(C(=O)c2cnc3cc(-c4ccccc4)nn3c2)c1. The van der Waals surface area contributed by atoms with Crippen LogP contribution in [0.25, 0.3) is 16.9 Å². The maximum Gasteiger partial charge on any atom is 0.199 e. The first-order valence-corrected chi connectivity index (χ1v) is 8.43. The highest BCUT2D eigenvalue weighted by atomic mass is 16.3. The number of hydrogen-bond donors (Lipinski definition) is 1. The average Bonchev–Trinajstić information content (AvgIpc) is 3.12. The minimum absolute atomic E-state index is 0.0299. The van der Waals surface area contributed by atoms with Crippen molar-refractivity contribution in [3.05, 3.63) is 83.7 Å². The van der Waals surface area contributed by atoms with Gasteiger partial charge in [-0.15, -0.1) is 0 Å². The van der Waals surface area contributed by atoms with Crippen LogP contribution in [0, 0.1) is 0 Å². The van der Waals surface area contributed by atoms with Gasteiger partial charge >= 0.3 is 0 Å². The van der Waals surface area contributed by atoms with Gasteiger partial charge in [0.15, 0.2) is 11.4 Å². The van der Waals surface area contributed by atoms with Crippen molar-refractivity contribution in [3.8, 4) is 17.0 Å². The van der Waals surface area contributed by atoms with E-state index in [1.54, 1.807) is 22.8 Å². The Balaban J connectivity index is 1.75. The molecule has 128 valence electrons. The summed E-state index contributed by atoms with van der Waals surface area (Å²) in [6.45, 7) is 2.00. The van der Waals surface area contributed by atoms with Crippen LogP contribution in [0.2, 0.25) is 0 Å². The Hall–Kier alpha value is -3.47. The van der Waals surface area contributed by atoms with Gasteiger partial charge < -0.3 is 5.11 Å². The van der Waals surface area contributed by atoms with Gasteiger partial charge in [-0.2, -0.15) is 5.10 Å². The first-order valence-electron chi connectivity index (χ1n) is 8.43. The second-order valence-corrected chi connectivity index (χ2v) is 6.08. The Kier molecular flexibility index (Phi) is 3.97. The molecule has 0 aliphatic heterocycles. The van der Waals surface area contributed by atoms with E-state index >= 15 is 0 Å². The number of aromatic hydroxyl groups is 1. The van der Waals surface area contributed by atoms with Crippen LogP contribution in [0.5, 0.6) is 5.75 Å². The molecule has 2 heterocycles. The quantitative estimate of drug-likeness (QED) is 0.571. The molecule has 1 N–H and O–H groups in total. The summed E-state index contributed by atoms with van der Waals surface area (Å²) in [4.78, 5) is 17.2. The molecule has 0 bridgehead atoms. The standard InChI is InChI=1S/C21H17N3O2/c1-2-14-8-9-19(25)17(10-14)21(26)16-12-22-20-11-18(23-24(20)13-16)15-6-4-3-5-7-15/h3-13,25H,2H2,1H3. The fourth-order valence-electron chi connectivity index (χ4n) is 2.88. The lowest BCUT2D eigenvalue weighted by Crippen LogP contribution is -2.05. The lowest BCUT2D eigenvalue weighted by molar-refractivity contribution is 0.103. The summed E-state index contributed by atoms with van der Waals surface area (Å²) in [5.41, 5.74) is 4.08. The van der Waals surface area contributed by atoms with Gasteiger partial charge in [-0.05, 0) is 24.1 Å². The molecule has 0 aliphatic carbocycles. The Bertz CT molecular complexity index is 1100. The Morgan fingerprint density at radius 2 is 1.92 bits per heavy atom. The number of aromatic nitrogens is 3. The summed E-state index contributed by atoms with van der Waals surface area (Å²) in [5.74, 6) is -0.304. The lowest BCUT2D eigenvalue weighted by Gasteiger charge is -2.06. The zero-order chi connectivity index (χ0) is 18.1. The molecule has 2 aromatic heterocycles. The van der Waals surface area contributed by atoms with Crippen LogP contribution >= 0.6 is 0 Å². The third-order valence-corrected chi connectivity index (χ3v) is 4.36. The van der Waals surface area contributed by atoms with E-state index in [9.17, 15) is 9.90 Å². The monoisotopic (exact) mass is 343 g/mol. The van der Waals surface area contributed by atoms with Crippen LogP contribution in [-0.4, -0.2) is 25.5 Å². The van der Waals surface area contributed by atoms with Crippen molar-refractivity contribution < 1.29 is 9.90 Å². The highest BCUT2D eigenvalue weighted by molar-refractivity contribution is 6.10. The molecule has 5 heteroatoms. The average molecular weight is 343 g/mol. The minimum atomic E-state index is -0.274. The van der Waals surface area contributed by atoms with E-state index in [0.717, 1.165) is 23.2 Å². The Morgan fingerprint density at radius 1 is 1.12 bits per heavy atom. The molecule has 2 aromatic carbocycles.